The lowest BCUT2D eigenvalue weighted by Gasteiger charge is -2.23. The Balaban J connectivity index is 1.81. The highest BCUT2D eigenvalue weighted by Crippen LogP contribution is 2.18. The molecule has 1 heterocycles. The van der Waals surface area contributed by atoms with Gasteiger partial charge >= 0.3 is 0 Å². The molecule has 144 valence electrons. The standard InChI is InChI=1S/C24H26N2O2/c1-4-14-26(24(27)20-11-7-13-23(16-20)28-3)18-22-12-8-15-25(22)17-21-10-6-5-9-19(21)2/h4-13,15-16H,1,14,17-18H2,2-3H3. The molecule has 3 aromatic rings. The number of hydrogen-bond acceptors (Lipinski definition) is 2. The molecule has 4 nitrogen and oxygen atoms in total. The van der Waals surface area contributed by atoms with E-state index in [1.54, 1.807) is 24.2 Å². The highest BCUT2D eigenvalue weighted by atomic mass is 16.5. The minimum Gasteiger partial charge on any atom is -0.497 e. The normalized spacial score (nSPS) is 10.5. The van der Waals surface area contributed by atoms with E-state index >= 15 is 0 Å². The summed E-state index contributed by atoms with van der Waals surface area (Å²) in [6.07, 6.45) is 3.82. The van der Waals surface area contributed by atoms with Gasteiger partial charge in [0.05, 0.1) is 13.7 Å². The van der Waals surface area contributed by atoms with Crippen LogP contribution in [0.5, 0.6) is 5.75 Å². The van der Waals surface area contributed by atoms with Crippen LogP contribution in [-0.4, -0.2) is 29.0 Å². The SMILES string of the molecule is C=CCN(Cc1cccn1Cc1ccccc1C)C(=O)c1cccc(OC)c1. The Bertz CT molecular complexity index is 958. The first kappa shape index (κ1) is 19.5. The van der Waals surface area contributed by atoms with Crippen LogP contribution in [0.2, 0.25) is 0 Å². The molecule has 2 aromatic carbocycles. The molecule has 4 heteroatoms. The van der Waals surface area contributed by atoms with E-state index in [2.05, 4.69) is 48.5 Å². The predicted octanol–water partition coefficient (Wildman–Crippen LogP) is 4.68. The molecule has 0 saturated heterocycles. The number of aryl methyl sites for hydroxylation is 1. The average molecular weight is 374 g/mol. The Morgan fingerprint density at radius 3 is 2.71 bits per heavy atom. The summed E-state index contributed by atoms with van der Waals surface area (Å²) in [5, 5.41) is 0. The zero-order valence-corrected chi connectivity index (χ0v) is 16.5. The Labute approximate surface area is 166 Å². The van der Waals surface area contributed by atoms with E-state index in [1.807, 2.05) is 30.3 Å². The van der Waals surface area contributed by atoms with Gasteiger partial charge in [-0.3, -0.25) is 4.79 Å². The number of carbonyl (C=O) groups excluding carboxylic acids is 1. The first-order valence-electron chi connectivity index (χ1n) is 9.35. The Morgan fingerprint density at radius 1 is 1.14 bits per heavy atom. The van der Waals surface area contributed by atoms with E-state index in [9.17, 15) is 4.79 Å². The maximum atomic E-state index is 13.1. The average Bonchev–Trinajstić information content (AvgIpc) is 3.15. The highest BCUT2D eigenvalue weighted by molar-refractivity contribution is 5.94. The molecule has 1 amide bonds. The highest BCUT2D eigenvalue weighted by Gasteiger charge is 2.17. The fourth-order valence-corrected chi connectivity index (χ4v) is 3.23. The molecule has 3 rings (SSSR count). The van der Waals surface area contributed by atoms with Gasteiger partial charge in [-0.25, -0.2) is 0 Å². The van der Waals surface area contributed by atoms with E-state index < -0.39 is 0 Å². The van der Waals surface area contributed by atoms with Crippen molar-refractivity contribution in [2.24, 2.45) is 0 Å². The van der Waals surface area contributed by atoms with Crippen molar-refractivity contribution < 1.29 is 9.53 Å². The molecular formula is C24H26N2O2. The fourth-order valence-electron chi connectivity index (χ4n) is 3.23. The summed E-state index contributed by atoms with van der Waals surface area (Å²) in [4.78, 5) is 14.9. The van der Waals surface area contributed by atoms with Crippen LogP contribution in [0.4, 0.5) is 0 Å². The summed E-state index contributed by atoms with van der Waals surface area (Å²) >= 11 is 0. The molecule has 0 atom stereocenters. The minimum atomic E-state index is -0.0394. The van der Waals surface area contributed by atoms with Gasteiger partial charge < -0.3 is 14.2 Å². The number of carbonyl (C=O) groups is 1. The number of benzene rings is 2. The summed E-state index contributed by atoms with van der Waals surface area (Å²) < 4.78 is 7.44. The van der Waals surface area contributed by atoms with Gasteiger partial charge in [0.1, 0.15) is 5.75 Å². The van der Waals surface area contributed by atoms with Crippen molar-refractivity contribution in [2.45, 2.75) is 20.0 Å². The topological polar surface area (TPSA) is 34.5 Å². The number of ether oxygens (including phenoxy) is 1. The van der Waals surface area contributed by atoms with Crippen LogP contribution in [0.25, 0.3) is 0 Å². The lowest BCUT2D eigenvalue weighted by atomic mass is 10.1. The third-order valence-electron chi connectivity index (χ3n) is 4.83. The molecule has 0 aliphatic heterocycles. The molecule has 0 saturated carbocycles. The van der Waals surface area contributed by atoms with Crippen LogP contribution in [0.1, 0.15) is 27.2 Å². The van der Waals surface area contributed by atoms with Gasteiger partial charge in [-0.15, -0.1) is 6.58 Å². The zero-order valence-electron chi connectivity index (χ0n) is 16.5. The van der Waals surface area contributed by atoms with Crippen molar-refractivity contribution in [2.75, 3.05) is 13.7 Å². The van der Waals surface area contributed by atoms with Crippen LogP contribution in [-0.2, 0) is 13.1 Å². The third kappa shape index (κ3) is 4.52. The van der Waals surface area contributed by atoms with Crippen molar-refractivity contribution in [3.05, 3.63) is 102 Å². The Morgan fingerprint density at radius 2 is 1.96 bits per heavy atom. The number of amides is 1. The molecule has 0 aliphatic carbocycles. The second kappa shape index (κ2) is 9.09. The van der Waals surface area contributed by atoms with Gasteiger partial charge in [-0.2, -0.15) is 0 Å². The molecule has 1 aromatic heterocycles. The molecule has 0 bridgehead atoms. The maximum absolute atomic E-state index is 13.1. The molecule has 0 N–H and O–H groups in total. The summed E-state index contributed by atoms with van der Waals surface area (Å²) in [7, 11) is 1.60. The van der Waals surface area contributed by atoms with E-state index in [0.717, 1.165) is 12.2 Å². The van der Waals surface area contributed by atoms with E-state index in [1.165, 1.54) is 11.1 Å². The van der Waals surface area contributed by atoms with Gasteiger partial charge in [-0.05, 0) is 48.4 Å². The summed E-state index contributed by atoms with van der Waals surface area (Å²) in [6.45, 7) is 7.71. The Kier molecular flexibility index (Phi) is 6.33. The van der Waals surface area contributed by atoms with Crippen molar-refractivity contribution in [3.8, 4) is 5.75 Å². The monoisotopic (exact) mass is 374 g/mol. The van der Waals surface area contributed by atoms with Crippen LogP contribution in [0.15, 0.2) is 79.5 Å². The molecule has 0 fully saturated rings. The molecule has 0 spiro atoms. The molecule has 28 heavy (non-hydrogen) atoms. The second-order valence-corrected chi connectivity index (χ2v) is 6.76. The first-order valence-corrected chi connectivity index (χ1v) is 9.35. The Hall–Kier alpha value is -3.27. The fraction of sp³-hybridized carbons (Fsp3) is 0.208. The first-order chi connectivity index (χ1) is 13.6. The van der Waals surface area contributed by atoms with Gasteiger partial charge in [0.15, 0.2) is 0 Å². The largest absolute Gasteiger partial charge is 0.497 e. The van der Waals surface area contributed by atoms with Crippen LogP contribution >= 0.6 is 0 Å². The summed E-state index contributed by atoms with van der Waals surface area (Å²) in [5.74, 6) is 0.634. The van der Waals surface area contributed by atoms with Gasteiger partial charge in [0, 0.05) is 30.5 Å². The van der Waals surface area contributed by atoms with E-state index in [4.69, 9.17) is 4.74 Å². The van der Waals surface area contributed by atoms with Crippen LogP contribution in [0, 0.1) is 6.92 Å². The summed E-state index contributed by atoms with van der Waals surface area (Å²) in [6, 6.07) is 19.7. The second-order valence-electron chi connectivity index (χ2n) is 6.76. The number of aromatic nitrogens is 1. The van der Waals surface area contributed by atoms with Crippen LogP contribution in [0.3, 0.4) is 0 Å². The lowest BCUT2D eigenvalue weighted by Crippen LogP contribution is -2.31. The van der Waals surface area contributed by atoms with Crippen molar-refractivity contribution in [3.63, 3.8) is 0 Å². The van der Waals surface area contributed by atoms with E-state index in [-0.39, 0.29) is 5.91 Å². The van der Waals surface area contributed by atoms with Crippen molar-refractivity contribution >= 4 is 5.91 Å². The van der Waals surface area contributed by atoms with Gasteiger partial charge in [0.25, 0.3) is 5.91 Å². The molecule has 0 aliphatic rings. The smallest absolute Gasteiger partial charge is 0.254 e. The number of methoxy groups -OCH3 is 1. The molecule has 0 radical (unpaired) electrons. The van der Waals surface area contributed by atoms with Gasteiger partial charge in [0.2, 0.25) is 0 Å². The molecular weight excluding hydrogens is 348 g/mol. The number of hydrogen-bond donors (Lipinski definition) is 0. The zero-order chi connectivity index (χ0) is 19.9. The summed E-state index contributed by atoms with van der Waals surface area (Å²) in [5.41, 5.74) is 4.23. The maximum Gasteiger partial charge on any atom is 0.254 e. The molecule has 0 unspecified atom stereocenters. The van der Waals surface area contributed by atoms with E-state index in [0.29, 0.717) is 24.4 Å². The number of nitrogens with zero attached hydrogens (tertiary/aromatic N) is 2. The lowest BCUT2D eigenvalue weighted by molar-refractivity contribution is 0.0759. The quantitative estimate of drug-likeness (QED) is 0.537. The predicted molar refractivity (Wildman–Crippen MR) is 113 cm³/mol. The van der Waals surface area contributed by atoms with Crippen molar-refractivity contribution in [1.82, 2.24) is 9.47 Å². The van der Waals surface area contributed by atoms with Crippen molar-refractivity contribution in [1.29, 1.82) is 0 Å². The third-order valence-corrected chi connectivity index (χ3v) is 4.83. The minimum absolute atomic E-state index is 0.0394. The van der Waals surface area contributed by atoms with Gasteiger partial charge in [-0.1, -0.05) is 36.4 Å². The van der Waals surface area contributed by atoms with Crippen LogP contribution < -0.4 is 4.74 Å². The number of rotatable bonds is 8.